The first-order valence-corrected chi connectivity index (χ1v) is 8.24. The number of carbonyl (C=O) groups excluding carboxylic acids is 1. The Morgan fingerprint density at radius 2 is 1.88 bits per heavy atom. The summed E-state index contributed by atoms with van der Waals surface area (Å²) >= 11 is 0. The maximum atomic E-state index is 13.6. The van der Waals surface area contributed by atoms with E-state index in [9.17, 15) is 13.6 Å². The summed E-state index contributed by atoms with van der Waals surface area (Å²) in [6.07, 6.45) is -1.28. The summed E-state index contributed by atoms with van der Waals surface area (Å²) in [4.78, 5) is 12.5. The third-order valence-corrected chi connectivity index (χ3v) is 3.87. The molecule has 0 aliphatic carbocycles. The Labute approximate surface area is 149 Å². The van der Waals surface area contributed by atoms with Gasteiger partial charge in [-0.25, -0.2) is 8.78 Å². The van der Waals surface area contributed by atoms with E-state index < -0.39 is 29.9 Å². The smallest absolute Gasteiger partial charge is 0.265 e. The molecule has 3 atom stereocenters. The highest BCUT2D eigenvalue weighted by atomic mass is 19.1. The summed E-state index contributed by atoms with van der Waals surface area (Å²) in [5.41, 5.74) is 0. The molecule has 0 saturated carbocycles. The van der Waals surface area contributed by atoms with Gasteiger partial charge in [0.15, 0.2) is 23.1 Å². The summed E-state index contributed by atoms with van der Waals surface area (Å²) in [5.74, 6) is -0.817. The average Bonchev–Trinajstić information content (AvgIpc) is 2.60. The number of nitrogens with one attached hydrogen (secondary N) is 1. The van der Waals surface area contributed by atoms with Gasteiger partial charge in [-0.2, -0.15) is 0 Å². The van der Waals surface area contributed by atoms with E-state index in [-0.39, 0.29) is 18.3 Å². The lowest BCUT2D eigenvalue weighted by Crippen LogP contribution is -2.52. The monoisotopic (exact) mass is 363 g/mol. The molecule has 0 fully saturated rings. The Morgan fingerprint density at radius 3 is 2.58 bits per heavy atom. The van der Waals surface area contributed by atoms with E-state index in [0.717, 1.165) is 12.1 Å². The summed E-state index contributed by atoms with van der Waals surface area (Å²) in [6, 6.07) is 9.75. The lowest BCUT2D eigenvalue weighted by atomic mass is 10.1. The zero-order valence-corrected chi connectivity index (χ0v) is 14.4. The van der Waals surface area contributed by atoms with Crippen molar-refractivity contribution >= 4 is 5.91 Å². The Bertz CT molecular complexity index is 799. The second kappa shape index (κ2) is 7.59. The molecule has 1 aliphatic rings. The normalized spacial score (nSPS) is 19.5. The Kier molecular flexibility index (Phi) is 5.25. The summed E-state index contributed by atoms with van der Waals surface area (Å²) < 4.78 is 43.2. The first-order valence-electron chi connectivity index (χ1n) is 8.24. The molecule has 1 amide bonds. The van der Waals surface area contributed by atoms with Gasteiger partial charge in [-0.05, 0) is 38.1 Å². The minimum atomic E-state index is -0.810. The quantitative estimate of drug-likeness (QED) is 0.887. The zero-order chi connectivity index (χ0) is 18.7. The van der Waals surface area contributed by atoms with E-state index in [1.54, 1.807) is 32.0 Å². The van der Waals surface area contributed by atoms with Crippen LogP contribution in [0.5, 0.6) is 17.2 Å². The fraction of sp³-hybridized carbons (Fsp3) is 0.316. The molecule has 2 aromatic rings. The third-order valence-electron chi connectivity index (χ3n) is 3.87. The SMILES string of the molecule is C[C@H](COc1ccc(F)cc1F)NC(=O)[C@H]1Oc2ccccc2O[C@@H]1C. The lowest BCUT2D eigenvalue weighted by Gasteiger charge is -2.31. The molecule has 0 bridgehead atoms. The Morgan fingerprint density at radius 1 is 1.19 bits per heavy atom. The van der Waals surface area contributed by atoms with Crippen molar-refractivity contribution in [2.45, 2.75) is 32.1 Å². The number of amides is 1. The van der Waals surface area contributed by atoms with Crippen molar-refractivity contribution in [3.05, 3.63) is 54.1 Å². The number of rotatable bonds is 5. The molecule has 2 aromatic carbocycles. The predicted octanol–water partition coefficient (Wildman–Crippen LogP) is 3.08. The molecule has 3 rings (SSSR count). The number of benzene rings is 2. The number of halogens is 2. The van der Waals surface area contributed by atoms with Crippen molar-refractivity contribution in [3.63, 3.8) is 0 Å². The second-order valence-corrected chi connectivity index (χ2v) is 6.10. The minimum absolute atomic E-state index is 0.0207. The van der Waals surface area contributed by atoms with Gasteiger partial charge in [-0.1, -0.05) is 12.1 Å². The second-order valence-electron chi connectivity index (χ2n) is 6.10. The summed E-state index contributed by atoms with van der Waals surface area (Å²) in [6.45, 7) is 3.48. The molecular weight excluding hydrogens is 344 g/mol. The van der Waals surface area contributed by atoms with Crippen molar-refractivity contribution < 1.29 is 27.8 Å². The number of ether oxygens (including phenoxy) is 3. The van der Waals surface area contributed by atoms with Gasteiger partial charge >= 0.3 is 0 Å². The van der Waals surface area contributed by atoms with Crippen LogP contribution < -0.4 is 19.5 Å². The molecule has 0 spiro atoms. The van der Waals surface area contributed by atoms with Gasteiger partial charge in [0.05, 0.1) is 6.04 Å². The van der Waals surface area contributed by atoms with Crippen LogP contribution in [0, 0.1) is 11.6 Å². The van der Waals surface area contributed by atoms with Gasteiger partial charge < -0.3 is 19.5 Å². The number of para-hydroxylation sites is 2. The van der Waals surface area contributed by atoms with Gasteiger partial charge in [0.25, 0.3) is 5.91 Å². The Hall–Kier alpha value is -2.83. The maximum Gasteiger partial charge on any atom is 0.265 e. The van der Waals surface area contributed by atoms with E-state index >= 15 is 0 Å². The van der Waals surface area contributed by atoms with Gasteiger partial charge in [0.1, 0.15) is 18.5 Å². The third kappa shape index (κ3) is 4.04. The van der Waals surface area contributed by atoms with E-state index in [1.807, 2.05) is 6.07 Å². The Balaban J connectivity index is 1.56. The van der Waals surface area contributed by atoms with Crippen molar-refractivity contribution in [3.8, 4) is 17.2 Å². The van der Waals surface area contributed by atoms with Crippen LogP contribution in [0.15, 0.2) is 42.5 Å². The standard InChI is InChI=1S/C19H19F2NO4/c1-11(10-24-15-8-7-13(20)9-14(15)21)22-19(23)18-12(2)25-16-5-3-4-6-17(16)26-18/h3-9,11-12,18H,10H2,1-2H3,(H,22,23)/t11-,12-,18+/m1/s1. The molecule has 138 valence electrons. The highest BCUT2D eigenvalue weighted by molar-refractivity contribution is 5.82. The van der Waals surface area contributed by atoms with Crippen LogP contribution in [-0.4, -0.2) is 30.8 Å². The predicted molar refractivity (Wildman–Crippen MR) is 90.4 cm³/mol. The average molecular weight is 363 g/mol. The van der Waals surface area contributed by atoms with Crippen LogP contribution >= 0.6 is 0 Å². The number of fused-ring (bicyclic) bond motifs is 1. The highest BCUT2D eigenvalue weighted by Crippen LogP contribution is 2.33. The first-order chi connectivity index (χ1) is 12.4. The summed E-state index contributed by atoms with van der Waals surface area (Å²) in [7, 11) is 0. The molecule has 0 saturated heterocycles. The highest BCUT2D eigenvalue weighted by Gasteiger charge is 2.34. The van der Waals surface area contributed by atoms with Gasteiger partial charge in [0.2, 0.25) is 6.10 Å². The first kappa shape index (κ1) is 18.0. The van der Waals surface area contributed by atoms with Crippen molar-refractivity contribution in [1.82, 2.24) is 5.32 Å². The van der Waals surface area contributed by atoms with Gasteiger partial charge in [0, 0.05) is 6.07 Å². The largest absolute Gasteiger partial charge is 0.488 e. The molecule has 7 heteroatoms. The van der Waals surface area contributed by atoms with Crippen molar-refractivity contribution in [2.24, 2.45) is 0 Å². The fourth-order valence-corrected chi connectivity index (χ4v) is 2.58. The van der Waals surface area contributed by atoms with Crippen LogP contribution in [0.2, 0.25) is 0 Å². The molecular formula is C19H19F2NO4. The van der Waals surface area contributed by atoms with Crippen molar-refractivity contribution in [1.29, 1.82) is 0 Å². The minimum Gasteiger partial charge on any atom is -0.488 e. The zero-order valence-electron chi connectivity index (χ0n) is 14.4. The molecule has 1 N–H and O–H groups in total. The van der Waals surface area contributed by atoms with Crippen LogP contribution in [0.25, 0.3) is 0 Å². The summed E-state index contributed by atoms with van der Waals surface area (Å²) in [5, 5.41) is 2.75. The molecule has 0 unspecified atom stereocenters. The molecule has 26 heavy (non-hydrogen) atoms. The van der Waals surface area contributed by atoms with E-state index in [2.05, 4.69) is 5.32 Å². The van der Waals surface area contributed by atoms with E-state index in [1.165, 1.54) is 6.07 Å². The lowest BCUT2D eigenvalue weighted by molar-refractivity contribution is -0.134. The molecule has 0 aromatic heterocycles. The maximum absolute atomic E-state index is 13.6. The molecule has 0 radical (unpaired) electrons. The van der Waals surface area contributed by atoms with Gasteiger partial charge in [-0.15, -0.1) is 0 Å². The number of hydrogen-bond donors (Lipinski definition) is 1. The molecule has 5 nitrogen and oxygen atoms in total. The van der Waals surface area contributed by atoms with Crippen molar-refractivity contribution in [2.75, 3.05) is 6.61 Å². The van der Waals surface area contributed by atoms with Gasteiger partial charge in [-0.3, -0.25) is 4.79 Å². The molecule has 1 heterocycles. The van der Waals surface area contributed by atoms with Crippen LogP contribution in [0.1, 0.15) is 13.8 Å². The number of carbonyl (C=O) groups is 1. The van der Waals surface area contributed by atoms with E-state index in [4.69, 9.17) is 14.2 Å². The van der Waals surface area contributed by atoms with Crippen LogP contribution in [0.4, 0.5) is 8.78 Å². The van der Waals surface area contributed by atoms with Crippen LogP contribution in [-0.2, 0) is 4.79 Å². The van der Waals surface area contributed by atoms with E-state index in [0.29, 0.717) is 11.5 Å². The topological polar surface area (TPSA) is 56.8 Å². The fourth-order valence-electron chi connectivity index (χ4n) is 2.58. The number of hydrogen-bond acceptors (Lipinski definition) is 4. The van der Waals surface area contributed by atoms with Crippen LogP contribution in [0.3, 0.4) is 0 Å². The molecule has 1 aliphatic heterocycles.